The van der Waals surface area contributed by atoms with E-state index in [2.05, 4.69) is 72.7 Å². The Balaban J connectivity index is 1.50. The first-order valence-electron chi connectivity index (χ1n) is 10.0. The van der Waals surface area contributed by atoms with Gasteiger partial charge in [0.2, 0.25) is 5.91 Å². The van der Waals surface area contributed by atoms with Gasteiger partial charge in [0.05, 0.1) is 18.2 Å². The number of carbonyl (C=O) groups is 1. The average molecular weight is 413 g/mol. The van der Waals surface area contributed by atoms with Crippen LogP contribution < -0.4 is 5.32 Å². The number of benzene rings is 3. The molecule has 0 spiro atoms. The summed E-state index contributed by atoms with van der Waals surface area (Å²) in [6.07, 6.45) is 0.261. The number of aryl methyl sites for hydroxylation is 2. The molecule has 0 bridgehead atoms. The zero-order valence-corrected chi connectivity index (χ0v) is 17.9. The van der Waals surface area contributed by atoms with Crippen molar-refractivity contribution in [2.45, 2.75) is 26.3 Å². The van der Waals surface area contributed by atoms with Gasteiger partial charge in [-0.15, -0.1) is 11.3 Å². The Morgan fingerprint density at radius 3 is 2.13 bits per heavy atom. The maximum Gasteiger partial charge on any atom is 0.226 e. The molecule has 0 fully saturated rings. The molecular weight excluding hydrogens is 388 g/mol. The van der Waals surface area contributed by atoms with Crippen LogP contribution in [0.5, 0.6) is 0 Å². The smallest absolute Gasteiger partial charge is 0.226 e. The first-order chi connectivity index (χ1) is 14.6. The summed E-state index contributed by atoms with van der Waals surface area (Å²) in [5, 5.41) is 6.11. The van der Waals surface area contributed by atoms with E-state index in [-0.39, 0.29) is 18.4 Å². The molecule has 4 aromatic rings. The molecule has 4 rings (SSSR count). The number of hydrogen-bond acceptors (Lipinski definition) is 3. The molecule has 1 heterocycles. The van der Waals surface area contributed by atoms with Gasteiger partial charge in [-0.2, -0.15) is 0 Å². The van der Waals surface area contributed by atoms with E-state index in [0.717, 1.165) is 27.4 Å². The Morgan fingerprint density at radius 2 is 1.47 bits per heavy atom. The molecule has 0 saturated carbocycles. The molecule has 1 atom stereocenters. The van der Waals surface area contributed by atoms with E-state index in [1.54, 1.807) is 11.3 Å². The summed E-state index contributed by atoms with van der Waals surface area (Å²) in [4.78, 5) is 17.6. The lowest BCUT2D eigenvalue weighted by molar-refractivity contribution is -0.121. The third-order valence-electron chi connectivity index (χ3n) is 5.04. The number of nitrogens with one attached hydrogen (secondary N) is 1. The highest BCUT2D eigenvalue weighted by Gasteiger charge is 2.18. The normalized spacial score (nSPS) is 11.8. The van der Waals surface area contributed by atoms with Crippen molar-refractivity contribution in [2.24, 2.45) is 0 Å². The predicted octanol–water partition coefficient (Wildman–Crippen LogP) is 5.88. The second-order valence-electron chi connectivity index (χ2n) is 7.51. The summed E-state index contributed by atoms with van der Waals surface area (Å²) in [5.41, 5.74) is 6.43. The second-order valence-corrected chi connectivity index (χ2v) is 8.37. The van der Waals surface area contributed by atoms with Gasteiger partial charge in [0.1, 0.15) is 5.01 Å². The highest BCUT2D eigenvalue weighted by molar-refractivity contribution is 7.13. The van der Waals surface area contributed by atoms with E-state index in [1.807, 2.05) is 35.7 Å². The van der Waals surface area contributed by atoms with Crippen molar-refractivity contribution in [1.82, 2.24) is 10.3 Å². The molecule has 0 radical (unpaired) electrons. The predicted molar refractivity (Wildman–Crippen MR) is 124 cm³/mol. The third kappa shape index (κ3) is 4.84. The summed E-state index contributed by atoms with van der Waals surface area (Å²) < 4.78 is 0. The van der Waals surface area contributed by atoms with Gasteiger partial charge < -0.3 is 5.32 Å². The maximum atomic E-state index is 12.9. The standard InChI is InChI=1S/C26H24N2OS/c1-18-8-12-21(13-9-18)25(20-6-4-3-5-7-20)28-24(29)16-23-17-30-26(27-23)22-14-10-19(2)11-15-22/h3-15,17,25H,16H2,1-2H3,(H,28,29). The lowest BCUT2D eigenvalue weighted by Gasteiger charge is -2.20. The molecular formula is C26H24N2OS. The highest BCUT2D eigenvalue weighted by Crippen LogP contribution is 2.25. The Morgan fingerprint density at radius 1 is 0.867 bits per heavy atom. The van der Waals surface area contributed by atoms with Crippen molar-refractivity contribution in [3.63, 3.8) is 0 Å². The highest BCUT2D eigenvalue weighted by atomic mass is 32.1. The fourth-order valence-corrected chi connectivity index (χ4v) is 4.18. The van der Waals surface area contributed by atoms with Crippen molar-refractivity contribution < 1.29 is 4.79 Å². The Hall–Kier alpha value is -3.24. The molecule has 3 aromatic carbocycles. The van der Waals surface area contributed by atoms with Crippen molar-refractivity contribution in [3.05, 3.63) is 112 Å². The molecule has 3 nitrogen and oxygen atoms in total. The zero-order valence-electron chi connectivity index (χ0n) is 17.1. The van der Waals surface area contributed by atoms with E-state index < -0.39 is 0 Å². The monoisotopic (exact) mass is 412 g/mol. The number of hydrogen-bond donors (Lipinski definition) is 1. The SMILES string of the molecule is Cc1ccc(-c2nc(CC(=O)NC(c3ccccc3)c3ccc(C)cc3)cs2)cc1. The van der Waals surface area contributed by atoms with Crippen LogP contribution in [0.2, 0.25) is 0 Å². The topological polar surface area (TPSA) is 42.0 Å². The lowest BCUT2D eigenvalue weighted by Crippen LogP contribution is -2.30. The van der Waals surface area contributed by atoms with Gasteiger partial charge in [0.25, 0.3) is 0 Å². The van der Waals surface area contributed by atoms with E-state index >= 15 is 0 Å². The van der Waals surface area contributed by atoms with E-state index in [1.165, 1.54) is 11.1 Å². The van der Waals surface area contributed by atoms with Crippen LogP contribution in [0, 0.1) is 13.8 Å². The molecule has 1 unspecified atom stereocenters. The quantitative estimate of drug-likeness (QED) is 0.430. The molecule has 150 valence electrons. The van der Waals surface area contributed by atoms with Crippen molar-refractivity contribution in [1.29, 1.82) is 0 Å². The number of amides is 1. The first-order valence-corrected chi connectivity index (χ1v) is 10.9. The molecule has 1 aromatic heterocycles. The lowest BCUT2D eigenvalue weighted by atomic mass is 9.97. The summed E-state index contributed by atoms with van der Waals surface area (Å²) in [5.74, 6) is -0.0369. The Kier molecular flexibility index (Phi) is 6.05. The minimum Gasteiger partial charge on any atom is -0.345 e. The van der Waals surface area contributed by atoms with Crippen LogP contribution in [0.15, 0.2) is 84.2 Å². The number of thiazole rings is 1. The molecule has 4 heteroatoms. The molecule has 0 aliphatic carbocycles. The second kappa shape index (κ2) is 9.06. The van der Waals surface area contributed by atoms with E-state index in [0.29, 0.717) is 0 Å². The molecule has 1 amide bonds. The number of carbonyl (C=O) groups excluding carboxylic acids is 1. The van der Waals surface area contributed by atoms with Gasteiger partial charge >= 0.3 is 0 Å². The van der Waals surface area contributed by atoms with Gasteiger partial charge in [0.15, 0.2) is 0 Å². The molecule has 0 saturated heterocycles. The van der Waals surface area contributed by atoms with Crippen molar-refractivity contribution >= 4 is 17.2 Å². The van der Waals surface area contributed by atoms with Crippen molar-refractivity contribution in [2.75, 3.05) is 0 Å². The van der Waals surface area contributed by atoms with Crippen molar-refractivity contribution in [3.8, 4) is 10.6 Å². The van der Waals surface area contributed by atoms with Gasteiger partial charge in [0, 0.05) is 10.9 Å². The van der Waals surface area contributed by atoms with Crippen LogP contribution >= 0.6 is 11.3 Å². The summed E-state index contributed by atoms with van der Waals surface area (Å²) >= 11 is 1.57. The minimum atomic E-state index is -0.186. The molecule has 0 aliphatic heterocycles. The van der Waals surface area contributed by atoms with Gasteiger partial charge in [-0.25, -0.2) is 4.98 Å². The van der Waals surface area contributed by atoms with Gasteiger partial charge in [-0.05, 0) is 25.0 Å². The fraction of sp³-hybridized carbons (Fsp3) is 0.154. The number of rotatable bonds is 6. The average Bonchev–Trinajstić information content (AvgIpc) is 3.22. The Labute approximate surface area is 181 Å². The molecule has 30 heavy (non-hydrogen) atoms. The zero-order chi connectivity index (χ0) is 20.9. The third-order valence-corrected chi connectivity index (χ3v) is 5.98. The maximum absolute atomic E-state index is 12.9. The summed E-state index contributed by atoms with van der Waals surface area (Å²) in [7, 11) is 0. The van der Waals surface area contributed by atoms with Crippen LogP contribution in [0.1, 0.15) is 34.0 Å². The summed E-state index contributed by atoms with van der Waals surface area (Å²) in [6.45, 7) is 4.13. The number of nitrogens with zero attached hydrogens (tertiary/aromatic N) is 1. The van der Waals surface area contributed by atoms with Gasteiger partial charge in [-0.3, -0.25) is 4.79 Å². The molecule has 0 aliphatic rings. The largest absolute Gasteiger partial charge is 0.345 e. The van der Waals surface area contributed by atoms with Crippen LogP contribution in [0.4, 0.5) is 0 Å². The minimum absolute atomic E-state index is 0.0369. The molecule has 1 N–H and O–H groups in total. The fourth-order valence-electron chi connectivity index (χ4n) is 3.36. The van der Waals surface area contributed by atoms with E-state index in [4.69, 9.17) is 0 Å². The first kappa shape index (κ1) is 20.0. The van der Waals surface area contributed by atoms with Crippen LogP contribution in [0.25, 0.3) is 10.6 Å². The van der Waals surface area contributed by atoms with Crippen LogP contribution in [-0.2, 0) is 11.2 Å². The van der Waals surface area contributed by atoms with Gasteiger partial charge in [-0.1, -0.05) is 90.0 Å². The van der Waals surface area contributed by atoms with Crippen LogP contribution in [-0.4, -0.2) is 10.9 Å². The summed E-state index contributed by atoms with van der Waals surface area (Å²) in [6, 6.07) is 26.5. The Bertz CT molecular complexity index is 1120. The van der Waals surface area contributed by atoms with Crippen LogP contribution in [0.3, 0.4) is 0 Å². The number of aromatic nitrogens is 1. The van der Waals surface area contributed by atoms with E-state index in [9.17, 15) is 4.79 Å².